The number of carbonyl (C=O) groups is 1. The number of hydrogen-bond acceptors (Lipinski definition) is 5. The maximum Gasteiger partial charge on any atom is 0.305 e. The summed E-state index contributed by atoms with van der Waals surface area (Å²) in [6.07, 6.45) is 5.12. The molecule has 20 heavy (non-hydrogen) atoms. The molecule has 0 fully saturated rings. The maximum absolute atomic E-state index is 10.8. The minimum atomic E-state index is -0.976. The van der Waals surface area contributed by atoms with Crippen LogP contribution in [-0.2, 0) is 4.79 Å². The average Bonchev–Trinajstić information content (AvgIpc) is 2.42. The number of hydrogen-bond donors (Lipinski definition) is 1. The lowest BCUT2D eigenvalue weighted by molar-refractivity contribution is -0.384. The number of anilines is 1. The Labute approximate surface area is 115 Å². The lowest BCUT2D eigenvalue weighted by Crippen LogP contribution is -2.27. The molecule has 0 saturated carbocycles. The van der Waals surface area contributed by atoms with Crippen molar-refractivity contribution in [2.75, 3.05) is 25.1 Å². The Morgan fingerprint density at radius 3 is 2.80 bits per heavy atom. The van der Waals surface area contributed by atoms with Crippen molar-refractivity contribution in [3.63, 3.8) is 0 Å². The van der Waals surface area contributed by atoms with Gasteiger partial charge in [0.25, 0.3) is 5.69 Å². The van der Waals surface area contributed by atoms with Gasteiger partial charge < -0.3 is 14.7 Å². The molecule has 0 spiro atoms. The fraction of sp³-hybridized carbons (Fsp3) is 0.308. The van der Waals surface area contributed by atoms with Crippen molar-refractivity contribution in [2.45, 2.75) is 6.42 Å². The van der Waals surface area contributed by atoms with E-state index in [4.69, 9.17) is 16.3 Å². The molecular weight excluding hydrogens is 264 g/mol. The monoisotopic (exact) mass is 278 g/mol. The molecule has 0 radical (unpaired) electrons. The van der Waals surface area contributed by atoms with Crippen LogP contribution in [0.4, 0.5) is 11.4 Å². The Bertz CT molecular complexity index is 550. The van der Waals surface area contributed by atoms with Crippen LogP contribution in [0.5, 0.6) is 5.75 Å². The number of benzene rings is 1. The zero-order valence-electron chi connectivity index (χ0n) is 10.9. The van der Waals surface area contributed by atoms with Crippen molar-refractivity contribution in [1.82, 2.24) is 0 Å². The third-order valence-corrected chi connectivity index (χ3v) is 2.59. The molecule has 1 N–H and O–H groups in total. The van der Waals surface area contributed by atoms with Crippen LogP contribution in [0.25, 0.3) is 0 Å². The highest BCUT2D eigenvalue weighted by atomic mass is 16.6. The lowest BCUT2D eigenvalue weighted by Gasteiger charge is -2.23. The minimum Gasteiger partial charge on any atom is -0.495 e. The highest BCUT2D eigenvalue weighted by Crippen LogP contribution is 2.32. The van der Waals surface area contributed by atoms with Crippen molar-refractivity contribution in [3.8, 4) is 18.1 Å². The number of methoxy groups -OCH3 is 1. The third kappa shape index (κ3) is 3.88. The van der Waals surface area contributed by atoms with Crippen molar-refractivity contribution in [1.29, 1.82) is 0 Å². The van der Waals surface area contributed by atoms with Crippen LogP contribution in [0.15, 0.2) is 18.2 Å². The number of rotatable bonds is 7. The summed E-state index contributed by atoms with van der Waals surface area (Å²) in [5, 5.41) is 19.5. The first-order valence-electron chi connectivity index (χ1n) is 5.72. The Morgan fingerprint density at radius 2 is 2.30 bits per heavy atom. The first-order chi connectivity index (χ1) is 9.49. The van der Waals surface area contributed by atoms with Crippen LogP contribution in [0, 0.1) is 22.5 Å². The smallest absolute Gasteiger partial charge is 0.305 e. The van der Waals surface area contributed by atoms with E-state index >= 15 is 0 Å². The van der Waals surface area contributed by atoms with Crippen molar-refractivity contribution < 1.29 is 19.6 Å². The summed E-state index contributed by atoms with van der Waals surface area (Å²) in [6, 6.07) is 4.09. The molecule has 7 nitrogen and oxygen atoms in total. The molecule has 0 amide bonds. The van der Waals surface area contributed by atoms with E-state index in [0.29, 0.717) is 11.4 Å². The maximum atomic E-state index is 10.8. The number of aliphatic carboxylic acids is 1. The average molecular weight is 278 g/mol. The molecule has 1 aromatic carbocycles. The van der Waals surface area contributed by atoms with E-state index in [1.54, 1.807) is 4.90 Å². The second-order valence-electron chi connectivity index (χ2n) is 3.88. The summed E-state index contributed by atoms with van der Waals surface area (Å²) in [5.74, 6) is 1.82. The molecule has 0 saturated heterocycles. The molecule has 0 aliphatic heterocycles. The minimum absolute atomic E-state index is 0.113. The number of nitro benzene ring substituents is 1. The van der Waals surface area contributed by atoms with Gasteiger partial charge in [0.05, 0.1) is 30.7 Å². The molecule has 0 atom stereocenters. The Balaban J connectivity index is 3.15. The second kappa shape index (κ2) is 6.99. The normalized spacial score (nSPS) is 9.60. The van der Waals surface area contributed by atoms with Gasteiger partial charge in [0.1, 0.15) is 5.75 Å². The van der Waals surface area contributed by atoms with Gasteiger partial charge in [-0.3, -0.25) is 14.9 Å². The first kappa shape index (κ1) is 15.3. The molecule has 1 aromatic rings. The summed E-state index contributed by atoms with van der Waals surface area (Å²) in [5.41, 5.74) is 0.291. The van der Waals surface area contributed by atoms with Gasteiger partial charge in [0.15, 0.2) is 0 Å². The summed E-state index contributed by atoms with van der Waals surface area (Å²) in [7, 11) is 1.43. The third-order valence-electron chi connectivity index (χ3n) is 2.59. The van der Waals surface area contributed by atoms with Crippen LogP contribution in [0.2, 0.25) is 0 Å². The molecule has 0 heterocycles. The molecule has 0 aliphatic rings. The topological polar surface area (TPSA) is 92.9 Å². The van der Waals surface area contributed by atoms with E-state index in [-0.39, 0.29) is 25.2 Å². The van der Waals surface area contributed by atoms with Gasteiger partial charge in [-0.25, -0.2) is 0 Å². The van der Waals surface area contributed by atoms with Gasteiger partial charge in [-0.1, -0.05) is 5.92 Å². The van der Waals surface area contributed by atoms with Gasteiger partial charge >= 0.3 is 5.97 Å². The molecule has 0 aromatic heterocycles. The van der Waals surface area contributed by atoms with Gasteiger partial charge in [-0.15, -0.1) is 6.42 Å². The standard InChI is InChI=1S/C13H14N2O5/c1-3-7-14(8-6-13(16)17)11-9-10(15(18)19)4-5-12(11)20-2/h1,4-5,9H,6-8H2,2H3,(H,16,17). The number of non-ortho nitro benzene ring substituents is 1. The van der Waals surface area contributed by atoms with Crippen molar-refractivity contribution >= 4 is 17.3 Å². The highest BCUT2D eigenvalue weighted by molar-refractivity contribution is 5.69. The van der Waals surface area contributed by atoms with Crippen LogP contribution in [0.1, 0.15) is 6.42 Å². The van der Waals surface area contributed by atoms with Crippen LogP contribution < -0.4 is 9.64 Å². The second-order valence-corrected chi connectivity index (χ2v) is 3.88. The largest absolute Gasteiger partial charge is 0.495 e. The number of terminal acetylenes is 1. The molecule has 0 unspecified atom stereocenters. The molecule has 0 aliphatic carbocycles. The van der Waals surface area contributed by atoms with E-state index < -0.39 is 10.9 Å². The van der Waals surface area contributed by atoms with Crippen LogP contribution in [0.3, 0.4) is 0 Å². The van der Waals surface area contributed by atoms with Crippen molar-refractivity contribution in [2.24, 2.45) is 0 Å². The fourth-order valence-corrected chi connectivity index (χ4v) is 1.66. The number of nitrogens with zero attached hydrogens (tertiary/aromatic N) is 2. The summed E-state index contributed by atoms with van der Waals surface area (Å²) >= 11 is 0. The number of carboxylic acid groups (broad SMARTS) is 1. The first-order valence-corrected chi connectivity index (χ1v) is 5.72. The van der Waals surface area contributed by atoms with Crippen LogP contribution in [-0.4, -0.2) is 36.2 Å². The zero-order chi connectivity index (χ0) is 15.1. The predicted octanol–water partition coefficient (Wildman–Crippen LogP) is 1.52. The Morgan fingerprint density at radius 1 is 1.60 bits per heavy atom. The lowest BCUT2D eigenvalue weighted by atomic mass is 10.2. The molecular formula is C13H14N2O5. The number of nitro groups is 1. The van der Waals surface area contributed by atoms with E-state index in [0.717, 1.165) is 0 Å². The summed E-state index contributed by atoms with van der Waals surface area (Å²) in [4.78, 5) is 22.5. The van der Waals surface area contributed by atoms with Crippen LogP contribution >= 0.6 is 0 Å². The molecule has 106 valence electrons. The number of ether oxygens (including phenoxy) is 1. The molecule has 7 heteroatoms. The SMILES string of the molecule is C#CCN(CCC(=O)O)c1cc([N+](=O)[O-])ccc1OC. The van der Waals surface area contributed by atoms with Crippen molar-refractivity contribution in [3.05, 3.63) is 28.3 Å². The van der Waals surface area contributed by atoms with E-state index in [1.807, 2.05) is 0 Å². The van der Waals surface area contributed by atoms with Gasteiger partial charge in [0, 0.05) is 18.7 Å². The van der Waals surface area contributed by atoms with E-state index in [9.17, 15) is 14.9 Å². The number of carboxylic acids is 1. The van der Waals surface area contributed by atoms with Gasteiger partial charge in [-0.05, 0) is 6.07 Å². The predicted molar refractivity (Wildman–Crippen MR) is 72.9 cm³/mol. The van der Waals surface area contributed by atoms with Gasteiger partial charge in [-0.2, -0.15) is 0 Å². The fourth-order valence-electron chi connectivity index (χ4n) is 1.66. The van der Waals surface area contributed by atoms with Gasteiger partial charge in [0.2, 0.25) is 0 Å². The molecule has 0 bridgehead atoms. The zero-order valence-corrected chi connectivity index (χ0v) is 10.9. The quantitative estimate of drug-likeness (QED) is 0.461. The Hall–Kier alpha value is -2.75. The van der Waals surface area contributed by atoms with E-state index in [1.165, 1.54) is 25.3 Å². The molecule has 1 rings (SSSR count). The summed E-state index contributed by atoms with van der Waals surface area (Å²) < 4.78 is 5.13. The Kier molecular flexibility index (Phi) is 5.35. The highest BCUT2D eigenvalue weighted by Gasteiger charge is 2.17. The van der Waals surface area contributed by atoms with E-state index in [2.05, 4.69) is 5.92 Å². The summed E-state index contributed by atoms with van der Waals surface area (Å²) in [6.45, 7) is 0.266.